The maximum Gasteiger partial charge on any atom is 0.336 e. The molecule has 2 aromatic carbocycles. The van der Waals surface area contributed by atoms with Crippen molar-refractivity contribution in [3.8, 4) is 0 Å². The van der Waals surface area contributed by atoms with Crippen LogP contribution in [0.4, 0.5) is 5.69 Å². The Kier molecular flexibility index (Phi) is 6.87. The van der Waals surface area contributed by atoms with Crippen molar-refractivity contribution in [2.24, 2.45) is 5.14 Å². The Morgan fingerprint density at radius 2 is 1.89 bits per heavy atom. The van der Waals surface area contributed by atoms with Gasteiger partial charge in [-0.1, -0.05) is 6.07 Å². The van der Waals surface area contributed by atoms with Crippen molar-refractivity contribution in [2.75, 3.05) is 25.0 Å². The number of likely N-dealkylation sites (tertiary alicyclic amines) is 1. The normalized spacial score (nSPS) is 16.7. The van der Waals surface area contributed by atoms with Gasteiger partial charge in [-0.2, -0.15) is 0 Å². The number of nitrogens with one attached hydrogen (secondary N) is 2. The van der Waals surface area contributed by atoms with Gasteiger partial charge < -0.3 is 20.2 Å². The zero-order chi connectivity index (χ0) is 25.2. The molecule has 1 aromatic heterocycles. The molecule has 2 amide bonds. The highest BCUT2D eigenvalue weighted by Gasteiger charge is 2.25. The fourth-order valence-electron chi connectivity index (χ4n) is 4.06. The Bertz CT molecular complexity index is 1380. The Morgan fingerprint density at radius 1 is 1.14 bits per heavy atom. The molecule has 0 spiro atoms. The van der Waals surface area contributed by atoms with E-state index in [1.807, 2.05) is 4.90 Å². The first-order chi connectivity index (χ1) is 16.6. The van der Waals surface area contributed by atoms with E-state index in [1.54, 1.807) is 12.1 Å². The molecule has 0 saturated carbocycles. The smallest absolute Gasteiger partial charge is 0.336 e. The third-order valence-corrected chi connectivity index (χ3v) is 6.62. The number of piperidine rings is 1. The molecule has 2 heterocycles. The van der Waals surface area contributed by atoms with E-state index in [1.165, 1.54) is 36.4 Å². The standard InChI is InChI=1S/C23H24N4O7S/c24-35(32,33)16-8-6-14(7-9-16)25-21(28)13-27-10-2-3-15(12-27)26-22(29)20-11-18-17(23(30)31)4-1-5-19(18)34-20/h1,4-9,11,15H,2-3,10,12-13H2,(H,25,28)(H,26,29)(H,30,31)(H2,24,32,33). The number of anilines is 1. The Hall–Kier alpha value is -3.74. The van der Waals surface area contributed by atoms with Crippen molar-refractivity contribution in [3.05, 3.63) is 59.9 Å². The van der Waals surface area contributed by atoms with Crippen molar-refractivity contribution >= 4 is 44.5 Å². The highest BCUT2D eigenvalue weighted by molar-refractivity contribution is 7.89. The number of nitrogens with zero attached hydrogens (tertiary/aromatic N) is 1. The fourth-order valence-corrected chi connectivity index (χ4v) is 4.58. The van der Waals surface area contributed by atoms with E-state index in [-0.39, 0.29) is 34.7 Å². The number of benzene rings is 2. The summed E-state index contributed by atoms with van der Waals surface area (Å²) >= 11 is 0. The fraction of sp³-hybridized carbons (Fsp3) is 0.261. The van der Waals surface area contributed by atoms with Crippen LogP contribution in [0.15, 0.2) is 57.8 Å². The van der Waals surface area contributed by atoms with Crippen molar-refractivity contribution < 1.29 is 32.3 Å². The van der Waals surface area contributed by atoms with E-state index >= 15 is 0 Å². The first-order valence-corrected chi connectivity index (χ1v) is 12.4. The lowest BCUT2D eigenvalue weighted by Gasteiger charge is -2.32. The molecule has 11 nitrogen and oxygen atoms in total. The summed E-state index contributed by atoms with van der Waals surface area (Å²) in [5.74, 6) is -1.82. The lowest BCUT2D eigenvalue weighted by atomic mass is 10.1. The molecule has 1 fully saturated rings. The number of carboxylic acids is 1. The number of amides is 2. The first kappa shape index (κ1) is 24.4. The van der Waals surface area contributed by atoms with Gasteiger partial charge in [-0.15, -0.1) is 0 Å². The number of sulfonamides is 1. The SMILES string of the molecule is NS(=O)(=O)c1ccc(NC(=O)CN2CCCC(NC(=O)c3cc4c(C(=O)O)cccc4o3)C2)cc1. The molecule has 4 rings (SSSR count). The van der Waals surface area contributed by atoms with Crippen molar-refractivity contribution in [2.45, 2.75) is 23.8 Å². The summed E-state index contributed by atoms with van der Waals surface area (Å²) in [7, 11) is -3.81. The first-order valence-electron chi connectivity index (χ1n) is 10.8. The van der Waals surface area contributed by atoms with Gasteiger partial charge in [0.25, 0.3) is 5.91 Å². The largest absolute Gasteiger partial charge is 0.478 e. The Morgan fingerprint density at radius 3 is 2.57 bits per heavy atom. The third kappa shape index (κ3) is 5.85. The van der Waals surface area contributed by atoms with Crippen molar-refractivity contribution in [1.82, 2.24) is 10.2 Å². The van der Waals surface area contributed by atoms with Crippen molar-refractivity contribution in [3.63, 3.8) is 0 Å². The van der Waals surface area contributed by atoms with E-state index in [9.17, 15) is 27.9 Å². The number of aromatic carboxylic acids is 1. The van der Waals surface area contributed by atoms with E-state index in [4.69, 9.17) is 9.56 Å². The molecule has 1 unspecified atom stereocenters. The summed E-state index contributed by atoms with van der Waals surface area (Å²) in [5, 5.41) is 20.4. The summed E-state index contributed by atoms with van der Waals surface area (Å²) in [6.07, 6.45) is 1.49. The van der Waals surface area contributed by atoms with Crippen LogP contribution in [0.25, 0.3) is 11.0 Å². The lowest BCUT2D eigenvalue weighted by molar-refractivity contribution is -0.117. The van der Waals surface area contributed by atoms with Gasteiger partial charge >= 0.3 is 5.97 Å². The average Bonchev–Trinajstić information content (AvgIpc) is 3.23. The molecular formula is C23H24N4O7S. The number of carbonyl (C=O) groups is 3. The van der Waals surface area contributed by atoms with Gasteiger partial charge in [0.1, 0.15) is 5.58 Å². The Balaban J connectivity index is 1.34. The molecule has 0 bridgehead atoms. The molecule has 0 aliphatic carbocycles. The molecule has 1 atom stereocenters. The summed E-state index contributed by atoms with van der Waals surface area (Å²) < 4.78 is 28.2. The number of carbonyl (C=O) groups excluding carboxylic acids is 2. The summed E-state index contributed by atoms with van der Waals surface area (Å²) in [6, 6.07) is 11.3. The van der Waals surface area contributed by atoms with Gasteiger partial charge in [0, 0.05) is 23.7 Å². The molecule has 0 radical (unpaired) electrons. The van der Waals surface area contributed by atoms with Crippen LogP contribution in [0.2, 0.25) is 0 Å². The predicted molar refractivity (Wildman–Crippen MR) is 127 cm³/mol. The topological polar surface area (TPSA) is 172 Å². The molecule has 12 heteroatoms. The molecule has 1 saturated heterocycles. The minimum atomic E-state index is -3.81. The Labute approximate surface area is 200 Å². The van der Waals surface area contributed by atoms with E-state index < -0.39 is 21.9 Å². The average molecular weight is 501 g/mol. The summed E-state index contributed by atoms with van der Waals surface area (Å²) in [4.78, 5) is 38.4. The van der Waals surface area contributed by atoms with Gasteiger partial charge in [0.05, 0.1) is 17.0 Å². The van der Waals surface area contributed by atoms with Gasteiger partial charge in [-0.25, -0.2) is 18.4 Å². The zero-order valence-corrected chi connectivity index (χ0v) is 19.4. The molecule has 35 heavy (non-hydrogen) atoms. The van der Waals surface area contributed by atoms with E-state index in [0.717, 1.165) is 12.8 Å². The van der Waals surface area contributed by atoms with Crippen LogP contribution in [0.1, 0.15) is 33.8 Å². The number of hydrogen-bond acceptors (Lipinski definition) is 7. The highest BCUT2D eigenvalue weighted by atomic mass is 32.2. The van der Waals surface area contributed by atoms with Gasteiger partial charge in [-0.3, -0.25) is 14.5 Å². The van der Waals surface area contributed by atoms with E-state index in [0.29, 0.717) is 29.7 Å². The van der Waals surface area contributed by atoms with Crippen LogP contribution in [0, 0.1) is 0 Å². The third-order valence-electron chi connectivity index (χ3n) is 5.69. The predicted octanol–water partition coefficient (Wildman–Crippen LogP) is 1.61. The number of primary sulfonamides is 1. The zero-order valence-electron chi connectivity index (χ0n) is 18.6. The maximum atomic E-state index is 12.7. The molecule has 1 aliphatic rings. The lowest BCUT2D eigenvalue weighted by Crippen LogP contribution is -2.49. The van der Waals surface area contributed by atoms with Crippen LogP contribution >= 0.6 is 0 Å². The van der Waals surface area contributed by atoms with Crippen molar-refractivity contribution in [1.29, 1.82) is 0 Å². The number of furan rings is 1. The van der Waals surface area contributed by atoms with E-state index in [2.05, 4.69) is 10.6 Å². The van der Waals surface area contributed by atoms with Gasteiger partial charge in [-0.05, 0) is 61.9 Å². The number of rotatable bonds is 7. The monoisotopic (exact) mass is 500 g/mol. The molecule has 5 N–H and O–H groups in total. The molecule has 1 aliphatic heterocycles. The molecule has 3 aromatic rings. The number of hydrogen-bond donors (Lipinski definition) is 4. The second kappa shape index (κ2) is 9.86. The molecule has 184 valence electrons. The van der Waals surface area contributed by atoms with Gasteiger partial charge in [0.2, 0.25) is 15.9 Å². The van der Waals surface area contributed by atoms with Gasteiger partial charge in [0.15, 0.2) is 5.76 Å². The summed E-state index contributed by atoms with van der Waals surface area (Å²) in [6.45, 7) is 1.22. The van der Waals surface area contributed by atoms with Crippen LogP contribution < -0.4 is 15.8 Å². The summed E-state index contributed by atoms with van der Waals surface area (Å²) in [5.41, 5.74) is 0.809. The number of nitrogens with two attached hydrogens (primary N) is 1. The number of carboxylic acid groups (broad SMARTS) is 1. The van der Waals surface area contributed by atoms with Crippen LogP contribution in [-0.2, 0) is 14.8 Å². The maximum absolute atomic E-state index is 12.7. The van der Waals surface area contributed by atoms with Crippen LogP contribution in [-0.4, -0.2) is 61.9 Å². The highest BCUT2D eigenvalue weighted by Crippen LogP contribution is 2.24. The quantitative estimate of drug-likeness (QED) is 0.379. The molecular weight excluding hydrogens is 476 g/mol. The van der Waals surface area contributed by atoms with Crippen LogP contribution in [0.3, 0.4) is 0 Å². The van der Waals surface area contributed by atoms with Crippen LogP contribution in [0.5, 0.6) is 0 Å². The second-order valence-corrected chi connectivity index (χ2v) is 9.86. The number of fused-ring (bicyclic) bond motifs is 1. The minimum absolute atomic E-state index is 0.0199. The minimum Gasteiger partial charge on any atom is -0.478 e. The second-order valence-electron chi connectivity index (χ2n) is 8.30.